The molecule has 0 atom stereocenters. The summed E-state index contributed by atoms with van der Waals surface area (Å²) in [7, 11) is 0. The van der Waals surface area contributed by atoms with E-state index in [1.165, 1.54) is 11.3 Å². The molecule has 0 fully saturated rings. The predicted molar refractivity (Wildman–Crippen MR) is 72.2 cm³/mol. The van der Waals surface area contributed by atoms with Crippen LogP contribution >= 0.6 is 11.3 Å². The van der Waals surface area contributed by atoms with E-state index in [1.54, 1.807) is 5.38 Å². The topological polar surface area (TPSA) is 82.0 Å². The number of carbonyl (C=O) groups excluding carboxylic acids is 1. The summed E-state index contributed by atoms with van der Waals surface area (Å²) < 4.78 is 5.66. The number of hydrogen-bond acceptors (Lipinski definition) is 5. The molecule has 5 nitrogen and oxygen atoms in total. The Morgan fingerprint density at radius 1 is 1.42 bits per heavy atom. The first kappa shape index (κ1) is 11.9. The van der Waals surface area contributed by atoms with Crippen LogP contribution in [0.4, 0.5) is 0 Å². The van der Waals surface area contributed by atoms with Crippen LogP contribution in [-0.4, -0.2) is 15.9 Å². The van der Waals surface area contributed by atoms with Gasteiger partial charge in [0, 0.05) is 5.38 Å². The van der Waals surface area contributed by atoms with E-state index in [1.807, 2.05) is 25.1 Å². The van der Waals surface area contributed by atoms with E-state index in [-0.39, 0.29) is 5.69 Å². The van der Waals surface area contributed by atoms with Gasteiger partial charge < -0.3 is 10.2 Å². The second-order valence-electron chi connectivity index (χ2n) is 4.25. The Morgan fingerprint density at radius 2 is 2.26 bits per heavy atom. The van der Waals surface area contributed by atoms with Crippen LogP contribution in [0.25, 0.3) is 11.1 Å². The molecule has 1 aromatic carbocycles. The van der Waals surface area contributed by atoms with Gasteiger partial charge in [-0.25, -0.2) is 9.97 Å². The molecular weight excluding hydrogens is 262 g/mol. The molecule has 0 unspecified atom stereocenters. The molecule has 0 saturated carbocycles. The third kappa shape index (κ3) is 2.34. The van der Waals surface area contributed by atoms with E-state index in [0.717, 1.165) is 21.7 Å². The molecular formula is C13H11N3O2S. The number of aromatic nitrogens is 2. The van der Waals surface area contributed by atoms with Gasteiger partial charge in [-0.3, -0.25) is 4.79 Å². The van der Waals surface area contributed by atoms with Crippen molar-refractivity contribution >= 4 is 28.3 Å². The summed E-state index contributed by atoms with van der Waals surface area (Å²) in [4.78, 5) is 19.5. The summed E-state index contributed by atoms with van der Waals surface area (Å²) in [6, 6.07) is 5.86. The summed E-state index contributed by atoms with van der Waals surface area (Å²) >= 11 is 1.37. The van der Waals surface area contributed by atoms with Gasteiger partial charge in [0.2, 0.25) is 5.89 Å². The normalized spacial score (nSPS) is 11.0. The van der Waals surface area contributed by atoms with Crippen LogP contribution < -0.4 is 5.73 Å². The van der Waals surface area contributed by atoms with Crippen molar-refractivity contribution in [1.82, 2.24) is 9.97 Å². The van der Waals surface area contributed by atoms with E-state index in [4.69, 9.17) is 10.2 Å². The van der Waals surface area contributed by atoms with Gasteiger partial charge in [0.25, 0.3) is 5.91 Å². The van der Waals surface area contributed by atoms with E-state index >= 15 is 0 Å². The largest absolute Gasteiger partial charge is 0.440 e. The Balaban J connectivity index is 1.89. The standard InChI is InChI=1S/C13H11N3O2S/c1-7-2-3-8-10(4-7)18-11(15-8)5-12-16-9(6-19-12)13(14)17/h2-4,6H,5H2,1H3,(H2,14,17). The molecule has 0 aliphatic carbocycles. The number of hydrogen-bond donors (Lipinski definition) is 1. The molecule has 2 heterocycles. The van der Waals surface area contributed by atoms with Crippen molar-refractivity contribution in [2.75, 3.05) is 0 Å². The van der Waals surface area contributed by atoms with Crippen LogP contribution in [0.3, 0.4) is 0 Å². The molecule has 3 aromatic rings. The number of aryl methyl sites for hydroxylation is 1. The number of benzene rings is 1. The lowest BCUT2D eigenvalue weighted by Crippen LogP contribution is -2.11. The molecule has 6 heteroatoms. The van der Waals surface area contributed by atoms with Crippen molar-refractivity contribution in [3.05, 3.63) is 45.7 Å². The lowest BCUT2D eigenvalue weighted by atomic mass is 10.2. The second-order valence-corrected chi connectivity index (χ2v) is 5.19. The molecule has 19 heavy (non-hydrogen) atoms. The van der Waals surface area contributed by atoms with Crippen molar-refractivity contribution < 1.29 is 9.21 Å². The lowest BCUT2D eigenvalue weighted by molar-refractivity contribution is 0.0996. The Hall–Kier alpha value is -2.21. The van der Waals surface area contributed by atoms with Gasteiger partial charge in [-0.1, -0.05) is 6.07 Å². The molecule has 2 N–H and O–H groups in total. The number of rotatable bonds is 3. The van der Waals surface area contributed by atoms with Crippen molar-refractivity contribution in [2.45, 2.75) is 13.3 Å². The number of thiazole rings is 1. The molecule has 0 aliphatic heterocycles. The maximum atomic E-state index is 11.0. The molecule has 2 aromatic heterocycles. The third-order valence-electron chi connectivity index (χ3n) is 2.69. The summed E-state index contributed by atoms with van der Waals surface area (Å²) in [5.74, 6) is 0.0710. The summed E-state index contributed by atoms with van der Waals surface area (Å²) in [5, 5.41) is 2.40. The van der Waals surface area contributed by atoms with E-state index in [2.05, 4.69) is 9.97 Å². The molecule has 96 valence electrons. The lowest BCUT2D eigenvalue weighted by Gasteiger charge is -1.89. The summed E-state index contributed by atoms with van der Waals surface area (Å²) in [6.07, 6.45) is 0.464. The maximum Gasteiger partial charge on any atom is 0.268 e. The number of fused-ring (bicyclic) bond motifs is 1. The smallest absolute Gasteiger partial charge is 0.268 e. The highest BCUT2D eigenvalue weighted by Gasteiger charge is 2.11. The average Bonchev–Trinajstić information content (AvgIpc) is 2.95. The van der Waals surface area contributed by atoms with Gasteiger partial charge in [-0.05, 0) is 24.6 Å². The molecule has 0 radical (unpaired) electrons. The highest BCUT2D eigenvalue weighted by molar-refractivity contribution is 7.09. The third-order valence-corrected chi connectivity index (χ3v) is 3.54. The average molecular weight is 273 g/mol. The van der Waals surface area contributed by atoms with Crippen molar-refractivity contribution in [3.63, 3.8) is 0 Å². The first-order valence-electron chi connectivity index (χ1n) is 5.72. The fraction of sp³-hybridized carbons (Fsp3) is 0.154. The van der Waals surface area contributed by atoms with Crippen molar-refractivity contribution in [3.8, 4) is 0 Å². The van der Waals surface area contributed by atoms with E-state index < -0.39 is 5.91 Å². The molecule has 3 rings (SSSR count). The molecule has 0 aliphatic rings. The Kier molecular flexibility index (Phi) is 2.79. The fourth-order valence-electron chi connectivity index (χ4n) is 1.79. The number of amides is 1. The maximum absolute atomic E-state index is 11.0. The SMILES string of the molecule is Cc1ccc2nc(Cc3nc(C(N)=O)cs3)oc2c1. The minimum absolute atomic E-state index is 0.284. The molecule has 0 bridgehead atoms. The minimum Gasteiger partial charge on any atom is -0.440 e. The number of primary amides is 1. The Morgan fingerprint density at radius 3 is 3.00 bits per heavy atom. The first-order valence-corrected chi connectivity index (χ1v) is 6.60. The summed E-state index contributed by atoms with van der Waals surface area (Å²) in [6.45, 7) is 2.00. The second kappa shape index (κ2) is 4.47. The zero-order chi connectivity index (χ0) is 13.4. The number of oxazole rings is 1. The van der Waals surface area contributed by atoms with E-state index in [9.17, 15) is 4.79 Å². The minimum atomic E-state index is -0.518. The zero-order valence-corrected chi connectivity index (χ0v) is 11.0. The van der Waals surface area contributed by atoms with E-state index in [0.29, 0.717) is 12.3 Å². The van der Waals surface area contributed by atoms with Crippen LogP contribution in [0.1, 0.15) is 27.0 Å². The van der Waals surface area contributed by atoms with Gasteiger partial charge in [0.1, 0.15) is 16.2 Å². The number of carbonyl (C=O) groups is 1. The predicted octanol–water partition coefficient (Wildman–Crippen LogP) is 2.28. The van der Waals surface area contributed by atoms with Crippen LogP contribution in [0, 0.1) is 6.92 Å². The highest BCUT2D eigenvalue weighted by Crippen LogP contribution is 2.20. The van der Waals surface area contributed by atoms with Gasteiger partial charge in [-0.15, -0.1) is 11.3 Å². The number of nitrogens with two attached hydrogens (primary N) is 1. The van der Waals surface area contributed by atoms with Crippen LogP contribution in [0.15, 0.2) is 28.0 Å². The molecule has 1 amide bonds. The van der Waals surface area contributed by atoms with Gasteiger partial charge in [0.05, 0.1) is 6.42 Å². The van der Waals surface area contributed by atoms with Crippen LogP contribution in [0.2, 0.25) is 0 Å². The van der Waals surface area contributed by atoms with Gasteiger partial charge in [-0.2, -0.15) is 0 Å². The fourth-order valence-corrected chi connectivity index (χ4v) is 2.56. The Labute approximate surface area is 113 Å². The number of nitrogens with zero attached hydrogens (tertiary/aromatic N) is 2. The van der Waals surface area contributed by atoms with Gasteiger partial charge in [0.15, 0.2) is 5.58 Å². The monoisotopic (exact) mass is 273 g/mol. The first-order chi connectivity index (χ1) is 9.11. The van der Waals surface area contributed by atoms with Crippen molar-refractivity contribution in [2.24, 2.45) is 5.73 Å². The van der Waals surface area contributed by atoms with Gasteiger partial charge >= 0.3 is 0 Å². The summed E-state index contributed by atoms with van der Waals surface area (Å²) in [5.41, 5.74) is 8.17. The quantitative estimate of drug-likeness (QED) is 0.793. The van der Waals surface area contributed by atoms with Crippen molar-refractivity contribution in [1.29, 1.82) is 0 Å². The highest BCUT2D eigenvalue weighted by atomic mass is 32.1. The zero-order valence-electron chi connectivity index (χ0n) is 10.2. The van der Waals surface area contributed by atoms with Crippen LogP contribution in [0.5, 0.6) is 0 Å². The van der Waals surface area contributed by atoms with Crippen LogP contribution in [-0.2, 0) is 6.42 Å². The molecule has 0 saturated heterocycles. The Bertz CT molecular complexity index is 760. The molecule has 0 spiro atoms.